The summed E-state index contributed by atoms with van der Waals surface area (Å²) in [6.07, 6.45) is 8.26. The number of aryl methyl sites for hydroxylation is 1. The molecule has 0 bridgehead atoms. The number of piperidine rings is 1. The van der Waals surface area contributed by atoms with Gasteiger partial charge in [0.05, 0.1) is 0 Å². The number of hydrogen-bond acceptors (Lipinski definition) is 5. The molecular weight excluding hydrogens is 316 g/mol. The molecule has 0 spiro atoms. The maximum Gasteiger partial charge on any atom is 0.246 e. The zero-order valence-electron chi connectivity index (χ0n) is 14.3. The molecule has 2 N–H and O–H groups in total. The molecule has 1 amide bonds. The zero-order valence-corrected chi connectivity index (χ0v) is 14.3. The first kappa shape index (κ1) is 17.0. The molecule has 0 saturated carbocycles. The van der Waals surface area contributed by atoms with Crippen LogP contribution in [0.3, 0.4) is 0 Å². The first-order valence-corrected chi connectivity index (χ1v) is 8.38. The highest BCUT2D eigenvalue weighted by Gasteiger charge is 2.22. The second-order valence-electron chi connectivity index (χ2n) is 6.17. The van der Waals surface area contributed by atoms with Crippen LogP contribution in [0.2, 0.25) is 0 Å². The summed E-state index contributed by atoms with van der Waals surface area (Å²) in [5.41, 5.74) is 7.38. The summed E-state index contributed by atoms with van der Waals surface area (Å²) in [5, 5.41) is 0. The van der Waals surface area contributed by atoms with Crippen LogP contribution in [-0.2, 0) is 4.79 Å². The maximum absolute atomic E-state index is 12.3. The summed E-state index contributed by atoms with van der Waals surface area (Å²) in [7, 11) is 0. The molecule has 0 radical (unpaired) electrons. The molecule has 1 aromatic heterocycles. The van der Waals surface area contributed by atoms with Crippen LogP contribution in [0.15, 0.2) is 42.7 Å². The summed E-state index contributed by atoms with van der Waals surface area (Å²) < 4.78 is 6.02. The summed E-state index contributed by atoms with van der Waals surface area (Å²) in [5.74, 6) is 1.11. The molecule has 0 atom stereocenters. The third-order valence-corrected chi connectivity index (χ3v) is 4.16. The number of ether oxygens (including phenoxy) is 1. The van der Waals surface area contributed by atoms with Crippen molar-refractivity contribution in [1.29, 1.82) is 0 Å². The largest absolute Gasteiger partial charge is 0.490 e. The van der Waals surface area contributed by atoms with Gasteiger partial charge in [0.1, 0.15) is 11.9 Å². The van der Waals surface area contributed by atoms with Crippen LogP contribution in [0.1, 0.15) is 24.0 Å². The highest BCUT2D eigenvalue weighted by molar-refractivity contribution is 5.91. The van der Waals surface area contributed by atoms with Crippen molar-refractivity contribution in [2.24, 2.45) is 0 Å². The van der Waals surface area contributed by atoms with Crippen LogP contribution in [0, 0.1) is 6.92 Å². The summed E-state index contributed by atoms with van der Waals surface area (Å²) in [6.45, 7) is 3.43. The molecule has 6 heteroatoms. The predicted molar refractivity (Wildman–Crippen MR) is 96.9 cm³/mol. The molecule has 25 heavy (non-hydrogen) atoms. The van der Waals surface area contributed by atoms with Gasteiger partial charge in [0.2, 0.25) is 11.9 Å². The Morgan fingerprint density at radius 2 is 2.00 bits per heavy atom. The van der Waals surface area contributed by atoms with E-state index in [1.54, 1.807) is 24.5 Å². The highest BCUT2D eigenvalue weighted by Crippen LogP contribution is 2.20. The Balaban J connectivity index is 1.49. The molecular formula is C19H22N4O2. The molecule has 1 fully saturated rings. The number of rotatable bonds is 4. The Bertz CT molecular complexity index is 750. The smallest absolute Gasteiger partial charge is 0.246 e. The van der Waals surface area contributed by atoms with Crippen molar-refractivity contribution < 1.29 is 9.53 Å². The van der Waals surface area contributed by atoms with E-state index in [2.05, 4.69) is 9.97 Å². The van der Waals surface area contributed by atoms with E-state index in [9.17, 15) is 4.79 Å². The standard InChI is InChI=1S/C19H22N4O2/c1-14-3-2-4-17(11-14)25-16-7-9-23(10-8-16)18(24)6-5-15-12-21-19(20)22-13-15/h2-6,11-13,16H,7-10H2,1H3,(H2,20,21,22)/b6-5+. The molecule has 1 aliphatic heterocycles. The number of anilines is 1. The zero-order chi connectivity index (χ0) is 17.6. The summed E-state index contributed by atoms with van der Waals surface area (Å²) in [6, 6.07) is 8.05. The maximum atomic E-state index is 12.3. The molecule has 1 aliphatic rings. The summed E-state index contributed by atoms with van der Waals surface area (Å²) in [4.78, 5) is 21.9. The number of carbonyl (C=O) groups excluding carboxylic acids is 1. The summed E-state index contributed by atoms with van der Waals surface area (Å²) >= 11 is 0. The normalized spacial score (nSPS) is 15.5. The van der Waals surface area contributed by atoms with Gasteiger partial charge in [0.15, 0.2) is 0 Å². The van der Waals surface area contributed by atoms with Crippen LogP contribution in [-0.4, -0.2) is 40.0 Å². The van der Waals surface area contributed by atoms with E-state index in [0.29, 0.717) is 13.1 Å². The average molecular weight is 338 g/mol. The Kier molecular flexibility index (Phi) is 5.28. The molecule has 0 unspecified atom stereocenters. The van der Waals surface area contributed by atoms with Gasteiger partial charge < -0.3 is 15.4 Å². The van der Waals surface area contributed by atoms with Gasteiger partial charge in [-0.2, -0.15) is 0 Å². The van der Waals surface area contributed by atoms with E-state index in [1.807, 2.05) is 36.1 Å². The lowest BCUT2D eigenvalue weighted by atomic mass is 10.1. The van der Waals surface area contributed by atoms with E-state index in [-0.39, 0.29) is 18.0 Å². The predicted octanol–water partition coefficient (Wildman–Crippen LogP) is 2.45. The van der Waals surface area contributed by atoms with E-state index >= 15 is 0 Å². The first-order chi connectivity index (χ1) is 12.1. The fourth-order valence-corrected chi connectivity index (χ4v) is 2.78. The van der Waals surface area contributed by atoms with Crippen molar-refractivity contribution >= 4 is 17.9 Å². The Labute approximate surface area is 147 Å². The first-order valence-electron chi connectivity index (χ1n) is 8.38. The van der Waals surface area contributed by atoms with Crippen molar-refractivity contribution in [3.05, 3.63) is 53.9 Å². The topological polar surface area (TPSA) is 81.3 Å². The minimum atomic E-state index is -0.00849. The van der Waals surface area contributed by atoms with E-state index in [4.69, 9.17) is 10.5 Å². The van der Waals surface area contributed by atoms with E-state index in [1.165, 1.54) is 5.56 Å². The molecule has 2 heterocycles. The molecule has 130 valence electrons. The lowest BCUT2D eigenvalue weighted by Gasteiger charge is -2.31. The number of carbonyl (C=O) groups is 1. The van der Waals surface area contributed by atoms with Crippen LogP contribution in [0.5, 0.6) is 5.75 Å². The quantitative estimate of drug-likeness (QED) is 0.866. The second kappa shape index (κ2) is 7.79. The van der Waals surface area contributed by atoms with Gasteiger partial charge in [-0.25, -0.2) is 9.97 Å². The fraction of sp³-hybridized carbons (Fsp3) is 0.316. The number of nitrogens with zero attached hydrogens (tertiary/aromatic N) is 3. The van der Waals surface area contributed by atoms with Crippen LogP contribution >= 0.6 is 0 Å². The molecule has 1 saturated heterocycles. The lowest BCUT2D eigenvalue weighted by Crippen LogP contribution is -2.41. The van der Waals surface area contributed by atoms with Crippen molar-refractivity contribution in [3.8, 4) is 5.75 Å². The van der Waals surface area contributed by atoms with Gasteiger partial charge >= 0.3 is 0 Å². The number of likely N-dealkylation sites (tertiary alicyclic amines) is 1. The molecule has 1 aromatic carbocycles. The van der Waals surface area contributed by atoms with E-state index in [0.717, 1.165) is 24.2 Å². The van der Waals surface area contributed by atoms with Crippen molar-refractivity contribution in [2.75, 3.05) is 18.8 Å². The van der Waals surface area contributed by atoms with Crippen LogP contribution in [0.4, 0.5) is 5.95 Å². The number of nitrogen functional groups attached to an aromatic ring is 1. The molecule has 6 nitrogen and oxygen atoms in total. The minimum absolute atomic E-state index is 0.00849. The molecule has 2 aromatic rings. The second-order valence-corrected chi connectivity index (χ2v) is 6.17. The van der Waals surface area contributed by atoms with Gasteiger partial charge in [-0.3, -0.25) is 4.79 Å². The number of nitrogens with two attached hydrogens (primary N) is 1. The van der Waals surface area contributed by atoms with Crippen molar-refractivity contribution in [3.63, 3.8) is 0 Å². The minimum Gasteiger partial charge on any atom is -0.490 e. The van der Waals surface area contributed by atoms with Crippen LogP contribution < -0.4 is 10.5 Å². The number of amides is 1. The monoisotopic (exact) mass is 338 g/mol. The van der Waals surface area contributed by atoms with Crippen molar-refractivity contribution in [2.45, 2.75) is 25.9 Å². The molecule has 3 rings (SSSR count). The lowest BCUT2D eigenvalue weighted by molar-refractivity contribution is -0.127. The van der Waals surface area contributed by atoms with Gasteiger partial charge in [-0.1, -0.05) is 12.1 Å². The third-order valence-electron chi connectivity index (χ3n) is 4.16. The van der Waals surface area contributed by atoms with Crippen molar-refractivity contribution in [1.82, 2.24) is 14.9 Å². The van der Waals surface area contributed by atoms with Gasteiger partial charge in [0, 0.05) is 50.0 Å². The fourth-order valence-electron chi connectivity index (χ4n) is 2.78. The average Bonchev–Trinajstić information content (AvgIpc) is 2.62. The third kappa shape index (κ3) is 4.79. The number of hydrogen-bond donors (Lipinski definition) is 1. The Morgan fingerprint density at radius 3 is 2.68 bits per heavy atom. The SMILES string of the molecule is Cc1cccc(OC2CCN(C(=O)/C=C/c3cnc(N)nc3)CC2)c1. The van der Waals surface area contributed by atoms with E-state index < -0.39 is 0 Å². The van der Waals surface area contributed by atoms with Gasteiger partial charge in [-0.05, 0) is 30.7 Å². The van der Waals surface area contributed by atoms with Crippen LogP contribution in [0.25, 0.3) is 6.08 Å². The Morgan fingerprint density at radius 1 is 1.28 bits per heavy atom. The Hall–Kier alpha value is -2.89. The highest BCUT2D eigenvalue weighted by atomic mass is 16.5. The number of aromatic nitrogens is 2. The van der Waals surface area contributed by atoms with Gasteiger partial charge in [-0.15, -0.1) is 0 Å². The molecule has 0 aliphatic carbocycles. The number of benzene rings is 1. The van der Waals surface area contributed by atoms with Gasteiger partial charge in [0.25, 0.3) is 0 Å².